The van der Waals surface area contributed by atoms with E-state index in [-0.39, 0.29) is 18.1 Å². The zero-order valence-corrected chi connectivity index (χ0v) is 14.4. The van der Waals surface area contributed by atoms with Crippen LogP contribution in [0.25, 0.3) is 11.4 Å². The van der Waals surface area contributed by atoms with Crippen LogP contribution in [0.3, 0.4) is 0 Å². The van der Waals surface area contributed by atoms with Crippen LogP contribution in [0, 0.1) is 0 Å². The molecule has 2 aliphatic rings. The van der Waals surface area contributed by atoms with Crippen molar-refractivity contribution < 1.29 is 9.53 Å². The molecule has 2 aromatic rings. The summed E-state index contributed by atoms with van der Waals surface area (Å²) in [5.41, 5.74) is 1.01. The van der Waals surface area contributed by atoms with Gasteiger partial charge in [-0.3, -0.25) is 4.68 Å². The van der Waals surface area contributed by atoms with Gasteiger partial charge in [0.1, 0.15) is 5.82 Å². The fourth-order valence-corrected chi connectivity index (χ4v) is 3.39. The number of ether oxygens (including phenoxy) is 1. The molecule has 0 spiro atoms. The summed E-state index contributed by atoms with van der Waals surface area (Å²) in [7, 11) is 1.91. The number of hydrogen-bond acceptors (Lipinski definition) is 4. The van der Waals surface area contributed by atoms with Crippen LogP contribution >= 0.6 is 0 Å². The standard InChI is InChI=1S/C18H23N5O2/c1-22-17(20-16(21-22)13-6-3-2-4-7-13)14-11-23(12-14)18(24)19-10-15-8-5-9-25-15/h2-4,6-7,14-15H,5,8-12H2,1H3,(H,19,24). The Hall–Kier alpha value is -2.41. The van der Waals surface area contributed by atoms with E-state index in [0.717, 1.165) is 36.7 Å². The SMILES string of the molecule is Cn1nc(-c2ccccc2)nc1C1CN(C(=O)NCC2CCCO2)C1. The van der Waals surface area contributed by atoms with E-state index in [9.17, 15) is 4.79 Å². The minimum absolute atomic E-state index is 0.0165. The van der Waals surface area contributed by atoms with Crippen molar-refractivity contribution in [1.29, 1.82) is 0 Å². The molecule has 4 rings (SSSR count). The van der Waals surface area contributed by atoms with Crippen LogP contribution in [0.1, 0.15) is 24.6 Å². The van der Waals surface area contributed by atoms with Gasteiger partial charge in [0.15, 0.2) is 5.82 Å². The lowest BCUT2D eigenvalue weighted by Crippen LogP contribution is -2.54. The average Bonchev–Trinajstić information content (AvgIpc) is 3.23. The fraction of sp³-hybridized carbons (Fsp3) is 0.500. The largest absolute Gasteiger partial charge is 0.376 e. The van der Waals surface area contributed by atoms with Gasteiger partial charge in [-0.15, -0.1) is 0 Å². The minimum Gasteiger partial charge on any atom is -0.376 e. The lowest BCUT2D eigenvalue weighted by atomic mass is 10.00. The molecule has 3 heterocycles. The first-order chi connectivity index (χ1) is 12.2. The van der Waals surface area contributed by atoms with Crippen molar-refractivity contribution in [2.24, 2.45) is 7.05 Å². The number of benzene rings is 1. The maximum atomic E-state index is 12.2. The number of aromatic nitrogens is 3. The van der Waals surface area contributed by atoms with Gasteiger partial charge < -0.3 is 15.0 Å². The van der Waals surface area contributed by atoms with Gasteiger partial charge in [0.05, 0.1) is 12.0 Å². The van der Waals surface area contributed by atoms with Crippen LogP contribution in [0.2, 0.25) is 0 Å². The molecule has 2 fully saturated rings. The van der Waals surface area contributed by atoms with Crippen LogP contribution in [-0.2, 0) is 11.8 Å². The number of urea groups is 1. The van der Waals surface area contributed by atoms with Gasteiger partial charge in [0, 0.05) is 38.9 Å². The van der Waals surface area contributed by atoms with Gasteiger partial charge in [-0.05, 0) is 12.8 Å². The van der Waals surface area contributed by atoms with Crippen molar-refractivity contribution in [3.05, 3.63) is 36.2 Å². The number of aryl methyl sites for hydroxylation is 1. The monoisotopic (exact) mass is 341 g/mol. The maximum Gasteiger partial charge on any atom is 0.317 e. The summed E-state index contributed by atoms with van der Waals surface area (Å²) >= 11 is 0. The second-order valence-electron chi connectivity index (χ2n) is 6.71. The predicted molar refractivity (Wildman–Crippen MR) is 93.1 cm³/mol. The van der Waals surface area contributed by atoms with Gasteiger partial charge in [-0.2, -0.15) is 5.10 Å². The number of hydrogen-bond donors (Lipinski definition) is 1. The summed E-state index contributed by atoms with van der Waals surface area (Å²) < 4.78 is 7.36. The maximum absolute atomic E-state index is 12.2. The van der Waals surface area contributed by atoms with E-state index >= 15 is 0 Å². The molecule has 0 aliphatic carbocycles. The van der Waals surface area contributed by atoms with Crippen molar-refractivity contribution >= 4 is 6.03 Å². The Bertz CT molecular complexity index is 733. The number of carbonyl (C=O) groups is 1. The van der Waals surface area contributed by atoms with Gasteiger partial charge in [0.2, 0.25) is 0 Å². The topological polar surface area (TPSA) is 72.3 Å². The molecule has 1 aromatic heterocycles. The summed E-state index contributed by atoms with van der Waals surface area (Å²) in [6.45, 7) is 2.76. The van der Waals surface area contributed by atoms with E-state index in [1.807, 2.05) is 47.0 Å². The molecule has 1 aromatic carbocycles. The quantitative estimate of drug-likeness (QED) is 0.920. The van der Waals surface area contributed by atoms with E-state index in [1.54, 1.807) is 0 Å². The van der Waals surface area contributed by atoms with Crippen LogP contribution in [-0.4, -0.2) is 58.0 Å². The Kier molecular flexibility index (Phi) is 4.40. The Morgan fingerprint density at radius 1 is 1.32 bits per heavy atom. The second-order valence-corrected chi connectivity index (χ2v) is 6.71. The third kappa shape index (κ3) is 3.37. The number of likely N-dealkylation sites (tertiary alicyclic amines) is 1. The van der Waals surface area contributed by atoms with Gasteiger partial charge in [0.25, 0.3) is 0 Å². The highest BCUT2D eigenvalue weighted by molar-refractivity contribution is 5.75. The molecule has 25 heavy (non-hydrogen) atoms. The van der Waals surface area contributed by atoms with E-state index in [0.29, 0.717) is 19.6 Å². The number of rotatable bonds is 4. The van der Waals surface area contributed by atoms with Gasteiger partial charge >= 0.3 is 6.03 Å². The Labute approximate surface area is 147 Å². The first-order valence-corrected chi connectivity index (χ1v) is 8.81. The van der Waals surface area contributed by atoms with Crippen molar-refractivity contribution in [3.63, 3.8) is 0 Å². The Morgan fingerprint density at radius 2 is 2.12 bits per heavy atom. The highest BCUT2D eigenvalue weighted by Crippen LogP contribution is 2.27. The summed E-state index contributed by atoms with van der Waals surface area (Å²) in [6.07, 6.45) is 2.29. The zero-order chi connectivity index (χ0) is 17.2. The molecule has 1 N–H and O–H groups in total. The van der Waals surface area contributed by atoms with E-state index in [4.69, 9.17) is 4.74 Å². The molecule has 0 bridgehead atoms. The van der Waals surface area contributed by atoms with E-state index in [1.165, 1.54) is 0 Å². The summed E-state index contributed by atoms with van der Waals surface area (Å²) in [6, 6.07) is 9.93. The fourth-order valence-electron chi connectivity index (χ4n) is 3.39. The van der Waals surface area contributed by atoms with E-state index in [2.05, 4.69) is 15.4 Å². The molecule has 132 valence electrons. The van der Waals surface area contributed by atoms with E-state index < -0.39 is 0 Å². The third-order valence-corrected chi connectivity index (χ3v) is 4.87. The van der Waals surface area contributed by atoms with Crippen LogP contribution < -0.4 is 5.32 Å². The highest BCUT2D eigenvalue weighted by Gasteiger charge is 2.35. The number of nitrogens with zero attached hydrogens (tertiary/aromatic N) is 4. The highest BCUT2D eigenvalue weighted by atomic mass is 16.5. The summed E-state index contributed by atoms with van der Waals surface area (Å²) in [4.78, 5) is 18.7. The smallest absolute Gasteiger partial charge is 0.317 e. The third-order valence-electron chi connectivity index (χ3n) is 4.87. The van der Waals surface area contributed by atoms with Crippen molar-refractivity contribution in [2.45, 2.75) is 24.9 Å². The number of carbonyl (C=O) groups excluding carboxylic acids is 1. The first-order valence-electron chi connectivity index (χ1n) is 8.81. The zero-order valence-electron chi connectivity index (χ0n) is 14.4. The Balaban J connectivity index is 1.33. The minimum atomic E-state index is -0.0165. The summed E-state index contributed by atoms with van der Waals surface area (Å²) in [5, 5.41) is 7.48. The molecule has 0 saturated carbocycles. The molecule has 2 amide bonds. The van der Waals surface area contributed by atoms with Crippen molar-refractivity contribution in [2.75, 3.05) is 26.2 Å². The lowest BCUT2D eigenvalue weighted by molar-refractivity contribution is 0.104. The molecular weight excluding hydrogens is 318 g/mol. The molecule has 7 nitrogen and oxygen atoms in total. The Morgan fingerprint density at radius 3 is 2.84 bits per heavy atom. The van der Waals surface area contributed by atoms with Crippen molar-refractivity contribution in [1.82, 2.24) is 25.0 Å². The molecule has 2 aliphatic heterocycles. The first kappa shape index (κ1) is 16.1. The van der Waals surface area contributed by atoms with Crippen LogP contribution in [0.5, 0.6) is 0 Å². The molecule has 1 unspecified atom stereocenters. The molecule has 1 atom stereocenters. The molecule has 0 radical (unpaired) electrons. The van der Waals surface area contributed by atoms with Crippen molar-refractivity contribution in [3.8, 4) is 11.4 Å². The van der Waals surface area contributed by atoms with Gasteiger partial charge in [-0.1, -0.05) is 30.3 Å². The molecule has 7 heteroatoms. The second kappa shape index (κ2) is 6.84. The van der Waals surface area contributed by atoms with Gasteiger partial charge in [-0.25, -0.2) is 9.78 Å². The summed E-state index contributed by atoms with van der Waals surface area (Å²) in [5.74, 6) is 1.91. The number of amides is 2. The predicted octanol–water partition coefficient (Wildman–Crippen LogP) is 1.77. The molecular formula is C18H23N5O2. The normalized spacial score (nSPS) is 20.5. The van der Waals surface area contributed by atoms with Crippen LogP contribution in [0.15, 0.2) is 30.3 Å². The van der Waals surface area contributed by atoms with Crippen LogP contribution in [0.4, 0.5) is 4.79 Å². The number of nitrogens with one attached hydrogen (secondary N) is 1. The average molecular weight is 341 g/mol. The molecule has 2 saturated heterocycles. The lowest BCUT2D eigenvalue weighted by Gasteiger charge is -2.38.